The van der Waals surface area contributed by atoms with Crippen molar-refractivity contribution < 1.29 is 4.79 Å². The van der Waals surface area contributed by atoms with Gasteiger partial charge in [-0.1, -0.05) is 6.92 Å². The summed E-state index contributed by atoms with van der Waals surface area (Å²) < 4.78 is 1.85. The van der Waals surface area contributed by atoms with Gasteiger partial charge in [0.15, 0.2) is 0 Å². The molecule has 0 bridgehead atoms. The predicted octanol–water partition coefficient (Wildman–Crippen LogP) is 2.74. The molecule has 0 aliphatic carbocycles. The Morgan fingerprint density at radius 3 is 2.86 bits per heavy atom. The van der Waals surface area contributed by atoms with E-state index in [4.69, 9.17) is 0 Å². The van der Waals surface area contributed by atoms with Gasteiger partial charge in [0.05, 0.1) is 11.9 Å². The van der Waals surface area contributed by atoms with Crippen molar-refractivity contribution in [3.05, 3.63) is 36.5 Å². The molecule has 0 aliphatic rings. The van der Waals surface area contributed by atoms with Crippen LogP contribution in [0.25, 0.3) is 11.3 Å². The van der Waals surface area contributed by atoms with Crippen LogP contribution in [-0.4, -0.2) is 39.1 Å². The molecule has 0 saturated heterocycles. The maximum atomic E-state index is 12.6. The van der Waals surface area contributed by atoms with E-state index in [1.165, 1.54) is 0 Å². The number of pyridine rings is 1. The number of aromatic nitrogens is 3. The molecule has 0 spiro atoms. The molecule has 0 saturated carbocycles. The van der Waals surface area contributed by atoms with Gasteiger partial charge in [-0.05, 0) is 32.2 Å². The van der Waals surface area contributed by atoms with Crippen LogP contribution in [0.15, 0.2) is 30.7 Å². The number of hydrogen-bond acceptors (Lipinski definition) is 4. The number of nitrogens with zero attached hydrogens (tertiary/aromatic N) is 4. The molecule has 2 heterocycles. The molecule has 5 nitrogen and oxygen atoms in total. The zero-order valence-electron chi connectivity index (χ0n) is 13.5. The molecule has 2 aromatic rings. The van der Waals surface area contributed by atoms with E-state index in [0.29, 0.717) is 6.54 Å². The Balaban J connectivity index is 2.31. The SMILES string of the molecule is CCN(C(=O)C(C)CSC)n1cc(-c2cccnc2)nc1C. The van der Waals surface area contributed by atoms with E-state index < -0.39 is 0 Å². The third-order valence-electron chi connectivity index (χ3n) is 3.47. The predicted molar refractivity (Wildman–Crippen MR) is 91.5 cm³/mol. The number of imidazole rings is 1. The Labute approximate surface area is 135 Å². The lowest BCUT2D eigenvalue weighted by Gasteiger charge is -2.25. The number of rotatable bonds is 6. The lowest BCUT2D eigenvalue weighted by molar-refractivity contribution is -0.122. The van der Waals surface area contributed by atoms with E-state index in [1.807, 2.05) is 50.0 Å². The maximum absolute atomic E-state index is 12.6. The molecular formula is C16H22N4OS. The summed E-state index contributed by atoms with van der Waals surface area (Å²) in [5.74, 6) is 1.72. The van der Waals surface area contributed by atoms with Crippen LogP contribution in [0, 0.1) is 12.8 Å². The number of aryl methyl sites for hydroxylation is 1. The summed E-state index contributed by atoms with van der Waals surface area (Å²) in [7, 11) is 0. The first-order chi connectivity index (χ1) is 10.6. The molecule has 2 rings (SSSR count). The van der Waals surface area contributed by atoms with Crippen LogP contribution in [0.3, 0.4) is 0 Å². The summed E-state index contributed by atoms with van der Waals surface area (Å²) in [6.07, 6.45) is 7.43. The highest BCUT2D eigenvalue weighted by molar-refractivity contribution is 7.98. The van der Waals surface area contributed by atoms with Crippen LogP contribution in [0.1, 0.15) is 19.7 Å². The number of hydrogen-bond donors (Lipinski definition) is 0. The van der Waals surface area contributed by atoms with Gasteiger partial charge in [0.1, 0.15) is 5.82 Å². The summed E-state index contributed by atoms with van der Waals surface area (Å²) in [4.78, 5) is 21.3. The van der Waals surface area contributed by atoms with Crippen LogP contribution in [0.5, 0.6) is 0 Å². The summed E-state index contributed by atoms with van der Waals surface area (Å²) in [6, 6.07) is 3.85. The fourth-order valence-corrected chi connectivity index (χ4v) is 2.99. The normalized spacial score (nSPS) is 12.2. The van der Waals surface area contributed by atoms with E-state index in [9.17, 15) is 4.79 Å². The van der Waals surface area contributed by atoms with E-state index in [1.54, 1.807) is 29.2 Å². The fraction of sp³-hybridized carbons (Fsp3) is 0.438. The summed E-state index contributed by atoms with van der Waals surface area (Å²) in [5, 5.41) is 1.75. The van der Waals surface area contributed by atoms with E-state index in [2.05, 4.69) is 9.97 Å². The van der Waals surface area contributed by atoms with Crippen molar-refractivity contribution in [2.75, 3.05) is 23.6 Å². The summed E-state index contributed by atoms with van der Waals surface area (Å²) in [6.45, 7) is 6.47. The van der Waals surface area contributed by atoms with Crippen molar-refractivity contribution >= 4 is 17.7 Å². The zero-order chi connectivity index (χ0) is 16.1. The summed E-state index contributed by atoms with van der Waals surface area (Å²) >= 11 is 1.69. The van der Waals surface area contributed by atoms with Crippen molar-refractivity contribution in [3.63, 3.8) is 0 Å². The van der Waals surface area contributed by atoms with Gasteiger partial charge in [0.2, 0.25) is 5.91 Å². The highest BCUT2D eigenvalue weighted by Gasteiger charge is 2.22. The van der Waals surface area contributed by atoms with Crippen molar-refractivity contribution in [2.24, 2.45) is 5.92 Å². The fourth-order valence-electron chi connectivity index (χ4n) is 2.35. The standard InChI is InChI=1S/C16H22N4OS/c1-5-19(16(21)12(2)11-22-4)20-10-15(18-13(20)3)14-7-6-8-17-9-14/h6-10,12H,5,11H2,1-4H3. The first kappa shape index (κ1) is 16.5. The average Bonchev–Trinajstić information content (AvgIpc) is 2.91. The van der Waals surface area contributed by atoms with Gasteiger partial charge >= 0.3 is 0 Å². The Kier molecular flexibility index (Phi) is 5.60. The van der Waals surface area contributed by atoms with Gasteiger partial charge in [0, 0.05) is 36.2 Å². The third kappa shape index (κ3) is 3.50. The largest absolute Gasteiger partial charge is 0.273 e. The Morgan fingerprint density at radius 1 is 1.50 bits per heavy atom. The van der Waals surface area contributed by atoms with Crippen molar-refractivity contribution in [3.8, 4) is 11.3 Å². The molecule has 0 aromatic carbocycles. The first-order valence-electron chi connectivity index (χ1n) is 7.35. The molecule has 1 unspecified atom stereocenters. The molecule has 0 fully saturated rings. The van der Waals surface area contributed by atoms with Crippen LogP contribution in [0.2, 0.25) is 0 Å². The van der Waals surface area contributed by atoms with E-state index in [0.717, 1.165) is 22.8 Å². The number of amides is 1. The van der Waals surface area contributed by atoms with Crippen molar-refractivity contribution in [1.82, 2.24) is 14.6 Å². The van der Waals surface area contributed by atoms with Gasteiger partial charge in [-0.25, -0.2) is 14.7 Å². The zero-order valence-corrected chi connectivity index (χ0v) is 14.3. The highest BCUT2D eigenvalue weighted by atomic mass is 32.2. The van der Waals surface area contributed by atoms with Crippen molar-refractivity contribution in [2.45, 2.75) is 20.8 Å². The second-order valence-electron chi connectivity index (χ2n) is 5.17. The molecule has 22 heavy (non-hydrogen) atoms. The van der Waals surface area contributed by atoms with Gasteiger partial charge in [-0.15, -0.1) is 0 Å². The molecule has 6 heteroatoms. The molecule has 0 aliphatic heterocycles. The van der Waals surface area contributed by atoms with Gasteiger partial charge in [-0.3, -0.25) is 9.78 Å². The molecule has 118 valence electrons. The van der Waals surface area contributed by atoms with Crippen LogP contribution < -0.4 is 5.01 Å². The molecular weight excluding hydrogens is 296 g/mol. The molecule has 2 aromatic heterocycles. The monoisotopic (exact) mass is 318 g/mol. The van der Waals surface area contributed by atoms with E-state index in [-0.39, 0.29) is 11.8 Å². The third-order valence-corrected chi connectivity index (χ3v) is 4.30. The van der Waals surface area contributed by atoms with Crippen molar-refractivity contribution in [1.29, 1.82) is 0 Å². The lowest BCUT2D eigenvalue weighted by Crippen LogP contribution is -2.44. The van der Waals surface area contributed by atoms with Crippen LogP contribution >= 0.6 is 11.8 Å². The smallest absolute Gasteiger partial charge is 0.245 e. The Hall–Kier alpha value is -1.82. The average molecular weight is 318 g/mol. The maximum Gasteiger partial charge on any atom is 0.245 e. The second-order valence-corrected chi connectivity index (χ2v) is 6.08. The lowest BCUT2D eigenvalue weighted by atomic mass is 10.2. The Morgan fingerprint density at radius 2 is 2.27 bits per heavy atom. The van der Waals surface area contributed by atoms with Crippen LogP contribution in [-0.2, 0) is 4.79 Å². The minimum atomic E-state index is -0.0152. The molecule has 1 atom stereocenters. The Bertz CT molecular complexity index is 626. The minimum Gasteiger partial charge on any atom is -0.273 e. The molecule has 0 radical (unpaired) electrons. The minimum absolute atomic E-state index is 0.0152. The molecule has 0 N–H and O–H groups in total. The topological polar surface area (TPSA) is 51.0 Å². The quantitative estimate of drug-likeness (QED) is 0.822. The number of thioether (sulfide) groups is 1. The first-order valence-corrected chi connectivity index (χ1v) is 8.74. The van der Waals surface area contributed by atoms with Gasteiger partial charge in [0.25, 0.3) is 0 Å². The summed E-state index contributed by atoms with van der Waals surface area (Å²) in [5.41, 5.74) is 1.78. The second kappa shape index (κ2) is 7.45. The van der Waals surface area contributed by atoms with E-state index >= 15 is 0 Å². The molecule has 1 amide bonds. The van der Waals surface area contributed by atoms with Gasteiger partial charge in [-0.2, -0.15) is 11.8 Å². The highest BCUT2D eigenvalue weighted by Crippen LogP contribution is 2.18. The van der Waals surface area contributed by atoms with Gasteiger partial charge < -0.3 is 0 Å². The number of carbonyl (C=O) groups excluding carboxylic acids is 1. The van der Waals surface area contributed by atoms with Crippen LogP contribution in [0.4, 0.5) is 0 Å². The number of carbonyl (C=O) groups is 1.